The van der Waals surface area contributed by atoms with Crippen LogP contribution in [0.2, 0.25) is 0 Å². The quantitative estimate of drug-likeness (QED) is 0.765. The second-order valence-corrected chi connectivity index (χ2v) is 7.15. The zero-order valence-corrected chi connectivity index (χ0v) is 9.52. The predicted octanol–water partition coefficient (Wildman–Crippen LogP) is 0.952. The molecule has 2 atom stereocenters. The molecular weight excluding hydrogens is 198 g/mol. The summed E-state index contributed by atoms with van der Waals surface area (Å²) < 4.78 is 22.1. The molecule has 0 aromatic rings. The normalized spacial score (nSPS) is 37.4. The topological polar surface area (TPSA) is 46.2 Å². The number of rotatable bonds is 3. The van der Waals surface area contributed by atoms with Gasteiger partial charge in [-0.05, 0) is 38.0 Å². The summed E-state index contributed by atoms with van der Waals surface area (Å²) in [5, 5.41) is 3.57. The van der Waals surface area contributed by atoms with Gasteiger partial charge in [-0.15, -0.1) is 0 Å². The maximum atomic E-state index is 11.0. The van der Waals surface area contributed by atoms with E-state index >= 15 is 0 Å². The van der Waals surface area contributed by atoms with Gasteiger partial charge in [0.1, 0.15) is 9.84 Å². The van der Waals surface area contributed by atoms with Crippen molar-refractivity contribution >= 4 is 9.84 Å². The first-order valence-electron chi connectivity index (χ1n) is 5.47. The lowest BCUT2D eigenvalue weighted by Crippen LogP contribution is -2.38. The molecule has 2 heterocycles. The van der Waals surface area contributed by atoms with Crippen LogP contribution in [0.15, 0.2) is 0 Å². The van der Waals surface area contributed by atoms with E-state index in [0.717, 1.165) is 6.42 Å². The monoisotopic (exact) mass is 217 g/mol. The summed E-state index contributed by atoms with van der Waals surface area (Å²) >= 11 is 0. The summed E-state index contributed by atoms with van der Waals surface area (Å²) in [6.45, 7) is 0. The van der Waals surface area contributed by atoms with Crippen LogP contribution in [0.5, 0.6) is 0 Å². The van der Waals surface area contributed by atoms with E-state index in [1.54, 1.807) is 0 Å². The number of nitrogens with one attached hydrogen (secondary N) is 1. The molecule has 2 saturated heterocycles. The first-order valence-corrected chi connectivity index (χ1v) is 7.53. The lowest BCUT2D eigenvalue weighted by Gasteiger charge is -2.28. The molecule has 0 aromatic carbocycles. The van der Waals surface area contributed by atoms with Crippen LogP contribution in [0.4, 0.5) is 0 Å². The summed E-state index contributed by atoms with van der Waals surface area (Å²) in [4.78, 5) is 0. The number of sulfone groups is 1. The number of fused-ring (bicyclic) bond motifs is 2. The van der Waals surface area contributed by atoms with Crippen LogP contribution < -0.4 is 5.32 Å². The van der Waals surface area contributed by atoms with Gasteiger partial charge >= 0.3 is 0 Å². The third-order valence-corrected chi connectivity index (χ3v) is 4.44. The molecule has 2 aliphatic rings. The number of hydrogen-bond donors (Lipinski definition) is 1. The molecule has 2 bridgehead atoms. The first kappa shape index (κ1) is 10.4. The van der Waals surface area contributed by atoms with Crippen LogP contribution in [-0.2, 0) is 9.84 Å². The van der Waals surface area contributed by atoms with Crippen molar-refractivity contribution in [2.75, 3.05) is 12.0 Å². The minimum absolute atomic E-state index is 0.372. The molecule has 0 spiro atoms. The van der Waals surface area contributed by atoms with Crippen molar-refractivity contribution in [1.29, 1.82) is 0 Å². The van der Waals surface area contributed by atoms with Gasteiger partial charge in [-0.3, -0.25) is 0 Å². The zero-order chi connectivity index (χ0) is 10.2. The van der Waals surface area contributed by atoms with Gasteiger partial charge in [0.05, 0.1) is 5.75 Å². The van der Waals surface area contributed by atoms with E-state index in [9.17, 15) is 8.42 Å². The number of piperidine rings is 1. The molecule has 2 aliphatic heterocycles. The summed E-state index contributed by atoms with van der Waals surface area (Å²) in [5.41, 5.74) is 0. The maximum Gasteiger partial charge on any atom is 0.147 e. The van der Waals surface area contributed by atoms with E-state index in [4.69, 9.17) is 0 Å². The van der Waals surface area contributed by atoms with E-state index in [1.807, 2.05) is 0 Å². The third kappa shape index (κ3) is 2.70. The Bertz CT molecular complexity index is 287. The average molecular weight is 217 g/mol. The van der Waals surface area contributed by atoms with Crippen molar-refractivity contribution in [2.24, 2.45) is 5.92 Å². The van der Waals surface area contributed by atoms with Crippen molar-refractivity contribution in [2.45, 2.75) is 44.2 Å². The van der Waals surface area contributed by atoms with Crippen molar-refractivity contribution < 1.29 is 8.42 Å². The van der Waals surface area contributed by atoms with Crippen LogP contribution in [0, 0.1) is 5.92 Å². The lowest BCUT2D eigenvalue weighted by molar-refractivity contribution is 0.294. The van der Waals surface area contributed by atoms with E-state index in [0.29, 0.717) is 23.8 Å². The Morgan fingerprint density at radius 3 is 2.29 bits per heavy atom. The van der Waals surface area contributed by atoms with E-state index in [1.165, 1.54) is 31.9 Å². The molecule has 0 saturated carbocycles. The van der Waals surface area contributed by atoms with Crippen LogP contribution >= 0.6 is 0 Å². The van der Waals surface area contributed by atoms with E-state index < -0.39 is 9.84 Å². The summed E-state index contributed by atoms with van der Waals surface area (Å²) in [7, 11) is -2.76. The van der Waals surface area contributed by atoms with Crippen LogP contribution in [0.3, 0.4) is 0 Å². The molecule has 0 aliphatic carbocycles. The molecule has 0 amide bonds. The molecule has 14 heavy (non-hydrogen) atoms. The minimum atomic E-state index is -2.76. The molecule has 1 N–H and O–H groups in total. The van der Waals surface area contributed by atoms with E-state index in [-0.39, 0.29) is 0 Å². The molecule has 2 unspecified atom stereocenters. The molecule has 82 valence electrons. The largest absolute Gasteiger partial charge is 0.311 e. The van der Waals surface area contributed by atoms with Gasteiger partial charge in [0.15, 0.2) is 0 Å². The van der Waals surface area contributed by atoms with Crippen molar-refractivity contribution in [3.63, 3.8) is 0 Å². The Balaban J connectivity index is 1.82. The van der Waals surface area contributed by atoms with Gasteiger partial charge in [0.25, 0.3) is 0 Å². The first-order chi connectivity index (χ1) is 6.53. The standard InChI is InChI=1S/C10H19NO2S/c1-14(12,13)5-4-8-6-9-2-3-10(7-8)11-9/h8-11H,2-7H2,1H3. The molecule has 3 nitrogen and oxygen atoms in total. The zero-order valence-electron chi connectivity index (χ0n) is 8.70. The Morgan fingerprint density at radius 1 is 1.21 bits per heavy atom. The van der Waals surface area contributed by atoms with Crippen molar-refractivity contribution in [1.82, 2.24) is 5.32 Å². The second-order valence-electron chi connectivity index (χ2n) is 4.89. The van der Waals surface area contributed by atoms with Gasteiger partial charge in [0.2, 0.25) is 0 Å². The summed E-state index contributed by atoms with van der Waals surface area (Å²) in [6.07, 6.45) is 7.16. The third-order valence-electron chi connectivity index (χ3n) is 3.47. The van der Waals surface area contributed by atoms with Gasteiger partial charge < -0.3 is 5.32 Å². The molecular formula is C10H19NO2S. The average Bonchev–Trinajstić information content (AvgIpc) is 2.41. The van der Waals surface area contributed by atoms with Crippen molar-refractivity contribution in [3.05, 3.63) is 0 Å². The Kier molecular flexibility index (Phi) is 2.84. The van der Waals surface area contributed by atoms with Crippen LogP contribution in [0.25, 0.3) is 0 Å². The van der Waals surface area contributed by atoms with Gasteiger partial charge in [-0.2, -0.15) is 0 Å². The minimum Gasteiger partial charge on any atom is -0.311 e. The fourth-order valence-corrected chi connectivity index (χ4v) is 3.55. The maximum absolute atomic E-state index is 11.0. The molecule has 0 aromatic heterocycles. The highest BCUT2D eigenvalue weighted by Gasteiger charge is 2.33. The number of hydrogen-bond acceptors (Lipinski definition) is 3. The fraction of sp³-hybridized carbons (Fsp3) is 1.00. The highest BCUT2D eigenvalue weighted by molar-refractivity contribution is 7.90. The fourth-order valence-electron chi connectivity index (χ4n) is 2.79. The van der Waals surface area contributed by atoms with E-state index in [2.05, 4.69) is 5.32 Å². The predicted molar refractivity (Wildman–Crippen MR) is 57.0 cm³/mol. The molecule has 4 heteroatoms. The molecule has 2 fully saturated rings. The molecule has 0 radical (unpaired) electrons. The lowest BCUT2D eigenvalue weighted by atomic mass is 9.90. The van der Waals surface area contributed by atoms with Gasteiger partial charge in [0, 0.05) is 18.3 Å². The van der Waals surface area contributed by atoms with Crippen LogP contribution in [-0.4, -0.2) is 32.5 Å². The van der Waals surface area contributed by atoms with Crippen molar-refractivity contribution in [3.8, 4) is 0 Å². The van der Waals surface area contributed by atoms with Gasteiger partial charge in [-0.1, -0.05) is 0 Å². The highest BCUT2D eigenvalue weighted by atomic mass is 32.2. The molecule has 2 rings (SSSR count). The SMILES string of the molecule is CS(=O)(=O)CCC1CC2CCC(C1)N2. The Hall–Kier alpha value is -0.0900. The Morgan fingerprint density at radius 2 is 1.79 bits per heavy atom. The second kappa shape index (κ2) is 3.81. The van der Waals surface area contributed by atoms with Crippen LogP contribution in [0.1, 0.15) is 32.1 Å². The smallest absolute Gasteiger partial charge is 0.147 e. The highest BCUT2D eigenvalue weighted by Crippen LogP contribution is 2.32. The summed E-state index contributed by atoms with van der Waals surface area (Å²) in [5.74, 6) is 1.01. The Labute approximate surface area is 86.2 Å². The van der Waals surface area contributed by atoms with Gasteiger partial charge in [-0.25, -0.2) is 8.42 Å². The summed E-state index contributed by atoms with van der Waals surface area (Å²) in [6, 6.07) is 1.36.